The SMILES string of the molecule is CC1CNCCN1Cn1c(N)ccnc1=O.O. The number of hydrogen-bond acceptors (Lipinski definition) is 5. The number of anilines is 1. The summed E-state index contributed by atoms with van der Waals surface area (Å²) in [6, 6.07) is 2.05. The first-order valence-electron chi connectivity index (χ1n) is 5.44. The average molecular weight is 241 g/mol. The van der Waals surface area contributed by atoms with Crippen molar-refractivity contribution in [3.8, 4) is 0 Å². The van der Waals surface area contributed by atoms with Crippen LogP contribution in [-0.4, -0.2) is 45.6 Å². The van der Waals surface area contributed by atoms with E-state index in [0.717, 1.165) is 19.6 Å². The zero-order valence-electron chi connectivity index (χ0n) is 9.89. The van der Waals surface area contributed by atoms with E-state index in [-0.39, 0.29) is 11.2 Å². The summed E-state index contributed by atoms with van der Waals surface area (Å²) in [6.45, 7) is 5.45. The fraction of sp³-hybridized carbons (Fsp3) is 0.600. The van der Waals surface area contributed by atoms with Gasteiger partial charge in [-0.25, -0.2) is 9.78 Å². The molecule has 0 radical (unpaired) electrons. The van der Waals surface area contributed by atoms with Gasteiger partial charge in [0.05, 0.1) is 6.67 Å². The van der Waals surface area contributed by atoms with Gasteiger partial charge in [-0.05, 0) is 13.0 Å². The number of nitrogens with one attached hydrogen (secondary N) is 1. The highest BCUT2D eigenvalue weighted by Gasteiger charge is 2.18. The van der Waals surface area contributed by atoms with E-state index in [0.29, 0.717) is 18.5 Å². The Kier molecular flexibility index (Phi) is 4.62. The number of rotatable bonds is 2. The summed E-state index contributed by atoms with van der Waals surface area (Å²) in [5, 5.41) is 3.30. The lowest BCUT2D eigenvalue weighted by atomic mass is 10.2. The average Bonchev–Trinajstić information content (AvgIpc) is 2.26. The predicted octanol–water partition coefficient (Wildman–Crippen LogP) is -1.75. The molecule has 0 amide bonds. The molecule has 1 atom stereocenters. The van der Waals surface area contributed by atoms with Crippen LogP contribution in [0.4, 0.5) is 5.82 Å². The number of hydrogen-bond donors (Lipinski definition) is 2. The molecule has 96 valence electrons. The Labute approximate surface area is 99.6 Å². The smallest absolute Gasteiger partial charge is 0.350 e. The lowest BCUT2D eigenvalue weighted by molar-refractivity contribution is 0.132. The Morgan fingerprint density at radius 3 is 3.06 bits per heavy atom. The predicted molar refractivity (Wildman–Crippen MR) is 65.6 cm³/mol. The lowest BCUT2D eigenvalue weighted by Crippen LogP contribution is -2.51. The summed E-state index contributed by atoms with van der Waals surface area (Å²) in [4.78, 5) is 17.5. The molecule has 7 nitrogen and oxygen atoms in total. The molecular formula is C10H19N5O2. The van der Waals surface area contributed by atoms with E-state index in [1.165, 1.54) is 10.8 Å². The molecule has 0 bridgehead atoms. The van der Waals surface area contributed by atoms with Crippen LogP contribution in [0.5, 0.6) is 0 Å². The van der Waals surface area contributed by atoms with Crippen molar-refractivity contribution in [2.75, 3.05) is 25.4 Å². The van der Waals surface area contributed by atoms with Gasteiger partial charge < -0.3 is 16.5 Å². The van der Waals surface area contributed by atoms with Crippen molar-refractivity contribution < 1.29 is 5.48 Å². The van der Waals surface area contributed by atoms with Crippen LogP contribution in [0.25, 0.3) is 0 Å². The highest BCUT2D eigenvalue weighted by Crippen LogP contribution is 2.05. The van der Waals surface area contributed by atoms with E-state index in [1.807, 2.05) is 0 Å². The quantitative estimate of drug-likeness (QED) is 0.638. The summed E-state index contributed by atoms with van der Waals surface area (Å²) in [5.74, 6) is 0.464. The number of nitrogens with zero attached hydrogens (tertiary/aromatic N) is 3. The number of aromatic nitrogens is 2. The maximum atomic E-state index is 11.5. The van der Waals surface area contributed by atoms with Gasteiger partial charge >= 0.3 is 5.69 Å². The highest BCUT2D eigenvalue weighted by atomic mass is 16.1. The van der Waals surface area contributed by atoms with E-state index in [9.17, 15) is 4.79 Å². The number of nitrogens with two attached hydrogens (primary N) is 1. The first-order valence-corrected chi connectivity index (χ1v) is 5.44. The zero-order valence-corrected chi connectivity index (χ0v) is 9.89. The number of piperazine rings is 1. The Hall–Kier alpha value is -1.44. The monoisotopic (exact) mass is 241 g/mol. The van der Waals surface area contributed by atoms with Crippen LogP contribution < -0.4 is 16.7 Å². The van der Waals surface area contributed by atoms with Gasteiger partial charge in [-0.2, -0.15) is 0 Å². The summed E-state index contributed by atoms with van der Waals surface area (Å²) in [7, 11) is 0. The molecule has 7 heteroatoms. The summed E-state index contributed by atoms with van der Waals surface area (Å²) < 4.78 is 1.50. The van der Waals surface area contributed by atoms with Crippen molar-refractivity contribution in [3.05, 3.63) is 22.7 Å². The van der Waals surface area contributed by atoms with E-state index < -0.39 is 0 Å². The first kappa shape index (κ1) is 13.6. The summed E-state index contributed by atoms with van der Waals surface area (Å²) >= 11 is 0. The third kappa shape index (κ3) is 3.02. The van der Waals surface area contributed by atoms with Gasteiger partial charge in [-0.3, -0.25) is 9.47 Å². The molecular weight excluding hydrogens is 222 g/mol. The van der Waals surface area contributed by atoms with Crippen LogP contribution in [0.2, 0.25) is 0 Å². The second-order valence-corrected chi connectivity index (χ2v) is 4.09. The molecule has 0 aromatic carbocycles. The molecule has 2 heterocycles. The Balaban J connectivity index is 0.00000144. The lowest BCUT2D eigenvalue weighted by Gasteiger charge is -2.34. The molecule has 5 N–H and O–H groups in total. The van der Waals surface area contributed by atoms with Crippen LogP contribution in [-0.2, 0) is 6.67 Å². The molecule has 1 aromatic rings. The fourth-order valence-electron chi connectivity index (χ4n) is 1.86. The van der Waals surface area contributed by atoms with Crippen molar-refractivity contribution in [1.82, 2.24) is 19.8 Å². The second kappa shape index (κ2) is 5.76. The third-order valence-electron chi connectivity index (χ3n) is 2.93. The fourth-order valence-corrected chi connectivity index (χ4v) is 1.86. The first-order chi connectivity index (χ1) is 7.68. The molecule has 0 aliphatic carbocycles. The molecule has 0 spiro atoms. The Bertz CT molecular complexity index is 419. The van der Waals surface area contributed by atoms with E-state index in [1.54, 1.807) is 6.07 Å². The van der Waals surface area contributed by atoms with Crippen molar-refractivity contribution >= 4 is 5.82 Å². The van der Waals surface area contributed by atoms with Gasteiger partial charge in [-0.1, -0.05) is 0 Å². The van der Waals surface area contributed by atoms with Crippen LogP contribution in [0.15, 0.2) is 17.1 Å². The van der Waals surface area contributed by atoms with Crippen molar-refractivity contribution in [1.29, 1.82) is 0 Å². The van der Waals surface area contributed by atoms with E-state index in [4.69, 9.17) is 5.73 Å². The molecule has 0 saturated carbocycles. The second-order valence-electron chi connectivity index (χ2n) is 4.09. The molecule has 1 aromatic heterocycles. The van der Waals surface area contributed by atoms with Crippen LogP contribution in [0.3, 0.4) is 0 Å². The highest BCUT2D eigenvalue weighted by molar-refractivity contribution is 5.25. The topological polar surface area (TPSA) is 108 Å². The molecule has 1 aliphatic heterocycles. The molecule has 2 rings (SSSR count). The van der Waals surface area contributed by atoms with Gasteiger partial charge in [0, 0.05) is 31.9 Å². The van der Waals surface area contributed by atoms with Gasteiger partial charge in [0.15, 0.2) is 0 Å². The van der Waals surface area contributed by atoms with Gasteiger partial charge in [0.1, 0.15) is 5.82 Å². The van der Waals surface area contributed by atoms with Gasteiger partial charge in [0.2, 0.25) is 0 Å². The summed E-state index contributed by atoms with van der Waals surface area (Å²) in [6.07, 6.45) is 1.44. The van der Waals surface area contributed by atoms with Crippen molar-refractivity contribution in [2.24, 2.45) is 0 Å². The van der Waals surface area contributed by atoms with Gasteiger partial charge in [-0.15, -0.1) is 0 Å². The van der Waals surface area contributed by atoms with Crippen molar-refractivity contribution in [3.63, 3.8) is 0 Å². The molecule has 1 unspecified atom stereocenters. The maximum Gasteiger partial charge on any atom is 0.350 e. The minimum absolute atomic E-state index is 0. The number of nitrogen functional groups attached to an aromatic ring is 1. The Morgan fingerprint density at radius 1 is 1.65 bits per heavy atom. The zero-order chi connectivity index (χ0) is 11.5. The van der Waals surface area contributed by atoms with Gasteiger partial charge in [0.25, 0.3) is 0 Å². The normalized spacial score (nSPS) is 20.9. The Morgan fingerprint density at radius 2 is 2.41 bits per heavy atom. The summed E-state index contributed by atoms with van der Waals surface area (Å²) in [5.41, 5.74) is 5.48. The molecule has 1 aliphatic rings. The minimum Gasteiger partial charge on any atom is -0.412 e. The van der Waals surface area contributed by atoms with E-state index in [2.05, 4.69) is 22.1 Å². The van der Waals surface area contributed by atoms with Crippen LogP contribution in [0.1, 0.15) is 6.92 Å². The van der Waals surface area contributed by atoms with Crippen LogP contribution in [0, 0.1) is 0 Å². The third-order valence-corrected chi connectivity index (χ3v) is 2.93. The van der Waals surface area contributed by atoms with Crippen molar-refractivity contribution in [2.45, 2.75) is 19.6 Å². The van der Waals surface area contributed by atoms with E-state index >= 15 is 0 Å². The largest absolute Gasteiger partial charge is 0.412 e. The van der Waals surface area contributed by atoms with Crippen LogP contribution >= 0.6 is 0 Å². The molecule has 1 saturated heterocycles. The molecule has 17 heavy (non-hydrogen) atoms. The minimum atomic E-state index is -0.286. The molecule has 1 fully saturated rings. The maximum absolute atomic E-state index is 11.5. The standard InChI is InChI=1S/C10H17N5O.H2O/c1-8-6-12-4-5-14(8)7-15-9(11)2-3-13-10(15)16;/h2-3,8,12H,4-7,11H2,1H3;1H2.